The summed E-state index contributed by atoms with van der Waals surface area (Å²) in [5.74, 6) is -0.661. The first-order valence-corrected chi connectivity index (χ1v) is 8.68. The van der Waals surface area contributed by atoms with Crippen LogP contribution in [-0.4, -0.2) is 21.8 Å². The molecule has 2 aromatic carbocycles. The minimum atomic E-state index is -0.333. The Morgan fingerprint density at radius 3 is 2.32 bits per heavy atom. The van der Waals surface area contributed by atoms with Crippen molar-refractivity contribution in [3.63, 3.8) is 0 Å². The maximum Gasteiger partial charge on any atom is 0.257 e. The molecular weight excluding hydrogens is 352 g/mol. The first-order chi connectivity index (χ1) is 13.7. The minimum Gasteiger partial charge on any atom is -0.321 e. The number of pyridine rings is 2. The number of nitrogens with zero attached hydrogens (tertiary/aromatic N) is 2. The van der Waals surface area contributed by atoms with Crippen LogP contribution in [0.15, 0.2) is 85.3 Å². The molecule has 0 unspecified atom stereocenters. The second-order valence-corrected chi connectivity index (χ2v) is 6.08. The van der Waals surface area contributed by atoms with Crippen molar-refractivity contribution in [2.45, 2.75) is 0 Å². The molecule has 0 bridgehead atoms. The molecule has 6 heteroatoms. The molecule has 2 amide bonds. The quantitative estimate of drug-likeness (QED) is 0.567. The van der Waals surface area contributed by atoms with Crippen molar-refractivity contribution in [1.29, 1.82) is 0 Å². The third kappa shape index (κ3) is 3.57. The molecule has 0 aliphatic carbocycles. The minimum absolute atomic E-state index is 0.328. The lowest BCUT2D eigenvalue weighted by Crippen LogP contribution is -2.18. The van der Waals surface area contributed by atoms with E-state index in [1.54, 1.807) is 67.1 Å². The topological polar surface area (TPSA) is 84.0 Å². The summed E-state index contributed by atoms with van der Waals surface area (Å²) in [5, 5.41) is 6.48. The van der Waals surface area contributed by atoms with E-state index in [1.165, 1.54) is 0 Å². The second kappa shape index (κ2) is 7.67. The molecule has 4 rings (SSSR count). The van der Waals surface area contributed by atoms with Crippen molar-refractivity contribution in [1.82, 2.24) is 9.97 Å². The van der Waals surface area contributed by atoms with Gasteiger partial charge in [0.2, 0.25) is 0 Å². The molecule has 28 heavy (non-hydrogen) atoms. The Labute approximate surface area is 161 Å². The predicted molar refractivity (Wildman–Crippen MR) is 108 cm³/mol. The summed E-state index contributed by atoms with van der Waals surface area (Å²) < 4.78 is 0. The Hall–Kier alpha value is -4.06. The van der Waals surface area contributed by atoms with Crippen LogP contribution in [0.1, 0.15) is 20.7 Å². The highest BCUT2D eigenvalue weighted by atomic mass is 16.2. The van der Waals surface area contributed by atoms with Gasteiger partial charge in [0, 0.05) is 17.8 Å². The lowest BCUT2D eigenvalue weighted by Gasteiger charge is -2.12. The number of amides is 2. The number of benzene rings is 2. The van der Waals surface area contributed by atoms with Crippen molar-refractivity contribution < 1.29 is 9.59 Å². The summed E-state index contributed by atoms with van der Waals surface area (Å²) in [6.45, 7) is 0. The standard InChI is InChI=1S/C22H16N4O2/c27-21(25-16-8-5-12-23-14-16)17-9-1-2-11-19(17)26-22(28)18-10-3-6-15-7-4-13-24-20(15)18/h1-14H,(H,25,27)(H,26,28). The van der Waals surface area contributed by atoms with Crippen LogP contribution in [0.4, 0.5) is 11.4 Å². The molecule has 0 spiro atoms. The third-order valence-electron chi connectivity index (χ3n) is 4.22. The van der Waals surface area contributed by atoms with E-state index in [4.69, 9.17) is 0 Å². The molecule has 6 nitrogen and oxygen atoms in total. The van der Waals surface area contributed by atoms with Gasteiger partial charge in [0.1, 0.15) is 0 Å². The van der Waals surface area contributed by atoms with Crippen molar-refractivity contribution in [3.05, 3.63) is 96.4 Å². The molecule has 136 valence electrons. The Morgan fingerprint density at radius 2 is 1.46 bits per heavy atom. The molecule has 0 aliphatic heterocycles. The maximum absolute atomic E-state index is 12.9. The Bertz CT molecular complexity index is 1150. The number of fused-ring (bicyclic) bond motifs is 1. The average molecular weight is 368 g/mol. The fraction of sp³-hybridized carbons (Fsp3) is 0. The van der Waals surface area contributed by atoms with E-state index < -0.39 is 0 Å². The van der Waals surface area contributed by atoms with Gasteiger partial charge in [-0.15, -0.1) is 0 Å². The number of aromatic nitrogens is 2. The van der Waals surface area contributed by atoms with Gasteiger partial charge in [-0.2, -0.15) is 0 Å². The van der Waals surface area contributed by atoms with Crippen molar-refractivity contribution in [2.75, 3.05) is 10.6 Å². The largest absolute Gasteiger partial charge is 0.321 e. The zero-order chi connectivity index (χ0) is 19.3. The van der Waals surface area contributed by atoms with Gasteiger partial charge in [-0.3, -0.25) is 19.6 Å². The van der Waals surface area contributed by atoms with E-state index in [-0.39, 0.29) is 11.8 Å². The number of carbonyl (C=O) groups excluding carboxylic acids is 2. The smallest absolute Gasteiger partial charge is 0.257 e. The monoisotopic (exact) mass is 368 g/mol. The van der Waals surface area contributed by atoms with Gasteiger partial charge < -0.3 is 10.6 Å². The van der Waals surface area contributed by atoms with E-state index in [1.807, 2.05) is 18.2 Å². The number of hydrogen-bond acceptors (Lipinski definition) is 4. The maximum atomic E-state index is 12.9. The molecule has 4 aromatic rings. The first-order valence-electron chi connectivity index (χ1n) is 8.68. The van der Waals surface area contributed by atoms with Crippen LogP contribution in [0, 0.1) is 0 Å². The van der Waals surface area contributed by atoms with Gasteiger partial charge in [-0.25, -0.2) is 0 Å². The summed E-state index contributed by atoms with van der Waals surface area (Å²) in [6, 6.07) is 19.5. The SMILES string of the molecule is O=C(Nc1cccnc1)c1ccccc1NC(=O)c1cccc2cccnc12. The van der Waals surface area contributed by atoms with Gasteiger partial charge in [-0.05, 0) is 36.4 Å². The molecule has 0 aliphatic rings. The molecule has 0 atom stereocenters. The number of para-hydroxylation sites is 2. The van der Waals surface area contributed by atoms with Crippen molar-refractivity contribution in [3.8, 4) is 0 Å². The second-order valence-electron chi connectivity index (χ2n) is 6.08. The third-order valence-corrected chi connectivity index (χ3v) is 4.22. The molecule has 0 saturated heterocycles. The zero-order valence-corrected chi connectivity index (χ0v) is 14.8. The molecule has 0 fully saturated rings. The summed E-state index contributed by atoms with van der Waals surface area (Å²) in [4.78, 5) is 33.8. The van der Waals surface area contributed by atoms with Crippen LogP contribution in [0.25, 0.3) is 10.9 Å². The van der Waals surface area contributed by atoms with Crippen molar-refractivity contribution in [2.24, 2.45) is 0 Å². The molecule has 0 saturated carbocycles. The van der Waals surface area contributed by atoms with Crippen LogP contribution < -0.4 is 10.6 Å². The summed E-state index contributed by atoms with van der Waals surface area (Å²) in [5.41, 5.74) is 2.40. The van der Waals surface area contributed by atoms with E-state index in [2.05, 4.69) is 20.6 Å². The van der Waals surface area contributed by atoms with Crippen LogP contribution in [-0.2, 0) is 0 Å². The Balaban J connectivity index is 1.62. The Kier molecular flexibility index (Phi) is 4.76. The fourth-order valence-electron chi connectivity index (χ4n) is 2.90. The van der Waals surface area contributed by atoms with Crippen molar-refractivity contribution >= 4 is 34.1 Å². The molecule has 2 aromatic heterocycles. The van der Waals surface area contributed by atoms with Gasteiger partial charge >= 0.3 is 0 Å². The molecule has 2 N–H and O–H groups in total. The summed E-state index contributed by atoms with van der Waals surface area (Å²) in [6.07, 6.45) is 4.83. The zero-order valence-electron chi connectivity index (χ0n) is 14.8. The number of anilines is 2. The van der Waals surface area contributed by atoms with Crippen LogP contribution in [0.5, 0.6) is 0 Å². The highest BCUT2D eigenvalue weighted by Crippen LogP contribution is 2.21. The van der Waals surface area contributed by atoms with E-state index >= 15 is 0 Å². The average Bonchev–Trinajstić information content (AvgIpc) is 2.74. The molecule has 2 heterocycles. The molecular formula is C22H16N4O2. The highest BCUT2D eigenvalue weighted by Gasteiger charge is 2.16. The lowest BCUT2D eigenvalue weighted by atomic mass is 10.1. The Morgan fingerprint density at radius 1 is 0.714 bits per heavy atom. The lowest BCUT2D eigenvalue weighted by molar-refractivity contribution is 0.102. The number of nitrogens with one attached hydrogen (secondary N) is 2. The fourth-order valence-corrected chi connectivity index (χ4v) is 2.90. The van der Waals surface area contributed by atoms with Gasteiger partial charge in [0.05, 0.1) is 34.2 Å². The summed E-state index contributed by atoms with van der Waals surface area (Å²) >= 11 is 0. The van der Waals surface area contributed by atoms with Gasteiger partial charge in [0.15, 0.2) is 0 Å². The van der Waals surface area contributed by atoms with Crippen LogP contribution >= 0.6 is 0 Å². The number of carbonyl (C=O) groups is 2. The normalized spacial score (nSPS) is 10.4. The first kappa shape index (κ1) is 17.4. The number of hydrogen-bond donors (Lipinski definition) is 2. The predicted octanol–water partition coefficient (Wildman–Crippen LogP) is 4.13. The summed E-state index contributed by atoms with van der Waals surface area (Å²) in [7, 11) is 0. The molecule has 0 radical (unpaired) electrons. The van der Waals surface area contributed by atoms with E-state index in [0.29, 0.717) is 28.0 Å². The van der Waals surface area contributed by atoms with Gasteiger partial charge in [-0.1, -0.05) is 30.3 Å². The number of rotatable bonds is 4. The van der Waals surface area contributed by atoms with Gasteiger partial charge in [0.25, 0.3) is 11.8 Å². The van der Waals surface area contributed by atoms with E-state index in [0.717, 1.165) is 5.39 Å². The van der Waals surface area contributed by atoms with Crippen LogP contribution in [0.2, 0.25) is 0 Å². The highest BCUT2D eigenvalue weighted by molar-refractivity contribution is 6.15. The van der Waals surface area contributed by atoms with E-state index in [9.17, 15) is 9.59 Å². The van der Waals surface area contributed by atoms with Crippen LogP contribution in [0.3, 0.4) is 0 Å².